The van der Waals surface area contributed by atoms with E-state index in [1.54, 1.807) is 0 Å². The average molecular weight is 341 g/mol. The summed E-state index contributed by atoms with van der Waals surface area (Å²) < 4.78 is 5.63. The molecule has 0 aromatic heterocycles. The summed E-state index contributed by atoms with van der Waals surface area (Å²) >= 11 is 0. The summed E-state index contributed by atoms with van der Waals surface area (Å²) in [4.78, 5) is 11.8. The Morgan fingerprint density at radius 2 is 2.09 bits per heavy atom. The first-order valence-corrected chi connectivity index (χ1v) is 8.35. The minimum absolute atomic E-state index is 0. The van der Waals surface area contributed by atoms with E-state index in [4.69, 9.17) is 4.74 Å². The van der Waals surface area contributed by atoms with Crippen molar-refractivity contribution < 1.29 is 9.53 Å². The van der Waals surface area contributed by atoms with Gasteiger partial charge in [-0.15, -0.1) is 12.4 Å². The third kappa shape index (κ3) is 7.23. The van der Waals surface area contributed by atoms with Crippen LogP contribution < -0.4 is 15.4 Å². The summed E-state index contributed by atoms with van der Waals surface area (Å²) in [5, 5.41) is 6.36. The van der Waals surface area contributed by atoms with Crippen molar-refractivity contribution in [3.8, 4) is 5.75 Å². The predicted octanol–water partition coefficient (Wildman–Crippen LogP) is 3.12. The van der Waals surface area contributed by atoms with Gasteiger partial charge in [-0.3, -0.25) is 4.79 Å². The molecule has 1 amide bonds. The number of carbonyl (C=O) groups is 1. The Labute approximate surface area is 145 Å². The highest BCUT2D eigenvalue weighted by Crippen LogP contribution is 2.18. The van der Waals surface area contributed by atoms with E-state index >= 15 is 0 Å². The van der Waals surface area contributed by atoms with E-state index in [0.29, 0.717) is 24.9 Å². The lowest BCUT2D eigenvalue weighted by Gasteiger charge is -2.22. The second-order valence-corrected chi connectivity index (χ2v) is 6.34. The first kappa shape index (κ1) is 19.8. The predicted molar refractivity (Wildman–Crippen MR) is 96.5 cm³/mol. The molecule has 2 N–H and O–H groups in total. The van der Waals surface area contributed by atoms with E-state index in [9.17, 15) is 4.79 Å². The van der Waals surface area contributed by atoms with Crippen LogP contribution in [0.2, 0.25) is 0 Å². The summed E-state index contributed by atoms with van der Waals surface area (Å²) in [6.07, 6.45) is 2.81. The molecule has 2 rings (SSSR count). The molecule has 0 spiro atoms. The summed E-state index contributed by atoms with van der Waals surface area (Å²) in [6, 6.07) is 8.11. The van der Waals surface area contributed by atoms with E-state index in [1.807, 2.05) is 12.1 Å². The topological polar surface area (TPSA) is 50.4 Å². The number of piperidine rings is 1. The molecule has 1 aromatic carbocycles. The standard InChI is InChI=1S/C18H28N2O2.ClH/c1-14(2)16-5-7-17(8-6-16)22-11-9-18(21)20-13-15-4-3-10-19-12-15;/h5-8,14-15,19H,3-4,9-13H2,1-2H3,(H,20,21);1H. The first-order chi connectivity index (χ1) is 10.6. The molecule has 1 heterocycles. The van der Waals surface area contributed by atoms with Crippen molar-refractivity contribution in [3.05, 3.63) is 29.8 Å². The van der Waals surface area contributed by atoms with Gasteiger partial charge in [-0.1, -0.05) is 26.0 Å². The van der Waals surface area contributed by atoms with Gasteiger partial charge in [0.15, 0.2) is 0 Å². The van der Waals surface area contributed by atoms with Gasteiger partial charge in [0.1, 0.15) is 5.75 Å². The molecule has 0 radical (unpaired) electrons. The van der Waals surface area contributed by atoms with E-state index in [1.165, 1.54) is 18.4 Å². The summed E-state index contributed by atoms with van der Waals surface area (Å²) in [5.74, 6) is 1.99. The number of rotatable bonds is 7. The average Bonchev–Trinajstić information content (AvgIpc) is 2.54. The molecule has 4 nitrogen and oxygen atoms in total. The second kappa shape index (κ2) is 10.5. The van der Waals surface area contributed by atoms with Crippen molar-refractivity contribution in [3.63, 3.8) is 0 Å². The minimum Gasteiger partial charge on any atom is -0.493 e. The Bertz CT molecular complexity index is 457. The van der Waals surface area contributed by atoms with Crippen molar-refractivity contribution in [1.29, 1.82) is 0 Å². The number of hydrogen-bond acceptors (Lipinski definition) is 3. The molecular weight excluding hydrogens is 312 g/mol. The quantitative estimate of drug-likeness (QED) is 0.801. The molecule has 0 aliphatic carbocycles. The Balaban J connectivity index is 0.00000264. The minimum atomic E-state index is 0. The molecule has 130 valence electrons. The molecule has 0 bridgehead atoms. The molecule has 1 aliphatic heterocycles. The monoisotopic (exact) mass is 340 g/mol. The maximum absolute atomic E-state index is 11.8. The number of ether oxygens (including phenoxy) is 1. The molecule has 23 heavy (non-hydrogen) atoms. The Morgan fingerprint density at radius 1 is 1.35 bits per heavy atom. The zero-order chi connectivity index (χ0) is 15.8. The largest absolute Gasteiger partial charge is 0.493 e. The van der Waals surface area contributed by atoms with Crippen molar-refractivity contribution in [2.45, 2.75) is 39.0 Å². The summed E-state index contributed by atoms with van der Waals surface area (Å²) in [7, 11) is 0. The number of nitrogens with one attached hydrogen (secondary N) is 2. The van der Waals surface area contributed by atoms with Crippen molar-refractivity contribution in [1.82, 2.24) is 10.6 Å². The number of amides is 1. The smallest absolute Gasteiger partial charge is 0.223 e. The van der Waals surface area contributed by atoms with Crippen LogP contribution in [0.5, 0.6) is 5.75 Å². The van der Waals surface area contributed by atoms with E-state index in [2.05, 4.69) is 36.6 Å². The van der Waals surface area contributed by atoms with Crippen LogP contribution in [0.15, 0.2) is 24.3 Å². The Morgan fingerprint density at radius 3 is 2.70 bits per heavy atom. The van der Waals surface area contributed by atoms with E-state index in [0.717, 1.165) is 25.4 Å². The molecule has 1 aliphatic rings. The van der Waals surface area contributed by atoms with Gasteiger partial charge in [0, 0.05) is 6.54 Å². The van der Waals surface area contributed by atoms with Crippen LogP contribution in [-0.2, 0) is 4.79 Å². The Hall–Kier alpha value is -1.26. The lowest BCUT2D eigenvalue weighted by molar-refractivity contribution is -0.121. The van der Waals surface area contributed by atoms with E-state index < -0.39 is 0 Å². The van der Waals surface area contributed by atoms with Gasteiger partial charge < -0.3 is 15.4 Å². The molecule has 1 aromatic rings. The normalized spacial score (nSPS) is 17.4. The first-order valence-electron chi connectivity index (χ1n) is 8.35. The third-order valence-electron chi connectivity index (χ3n) is 4.13. The van der Waals surface area contributed by atoms with Gasteiger partial charge in [0.25, 0.3) is 0 Å². The van der Waals surface area contributed by atoms with Crippen molar-refractivity contribution >= 4 is 18.3 Å². The number of halogens is 1. The van der Waals surface area contributed by atoms with Gasteiger partial charge in [0.05, 0.1) is 13.0 Å². The van der Waals surface area contributed by atoms with Crippen LogP contribution in [0.1, 0.15) is 44.6 Å². The SMILES string of the molecule is CC(C)c1ccc(OCCC(=O)NCC2CCCNC2)cc1.Cl. The Kier molecular flexibility index (Phi) is 9.03. The fourth-order valence-electron chi connectivity index (χ4n) is 2.66. The number of hydrogen-bond donors (Lipinski definition) is 2. The maximum Gasteiger partial charge on any atom is 0.223 e. The number of benzene rings is 1. The zero-order valence-corrected chi connectivity index (χ0v) is 15.0. The van der Waals surface area contributed by atoms with Crippen LogP contribution in [0.3, 0.4) is 0 Å². The van der Waals surface area contributed by atoms with Crippen LogP contribution in [0, 0.1) is 5.92 Å². The summed E-state index contributed by atoms with van der Waals surface area (Å²) in [5.41, 5.74) is 1.30. The highest BCUT2D eigenvalue weighted by Gasteiger charge is 2.13. The zero-order valence-electron chi connectivity index (χ0n) is 14.1. The van der Waals surface area contributed by atoms with Crippen molar-refractivity contribution in [2.75, 3.05) is 26.2 Å². The lowest BCUT2D eigenvalue weighted by atomic mass is 10.00. The summed E-state index contributed by atoms with van der Waals surface area (Å²) in [6.45, 7) is 7.65. The fraction of sp³-hybridized carbons (Fsp3) is 0.611. The molecule has 1 saturated heterocycles. The second-order valence-electron chi connectivity index (χ2n) is 6.34. The van der Waals surface area contributed by atoms with Crippen LogP contribution in [-0.4, -0.2) is 32.1 Å². The number of carbonyl (C=O) groups excluding carboxylic acids is 1. The maximum atomic E-state index is 11.8. The van der Waals surface area contributed by atoms with Gasteiger partial charge in [-0.25, -0.2) is 0 Å². The molecular formula is C18H29ClN2O2. The molecule has 1 unspecified atom stereocenters. The lowest BCUT2D eigenvalue weighted by Crippen LogP contribution is -2.38. The van der Waals surface area contributed by atoms with Crippen molar-refractivity contribution in [2.24, 2.45) is 5.92 Å². The fourth-order valence-corrected chi connectivity index (χ4v) is 2.66. The molecule has 1 fully saturated rings. The highest BCUT2D eigenvalue weighted by atomic mass is 35.5. The van der Waals surface area contributed by atoms with Gasteiger partial charge in [0.2, 0.25) is 5.91 Å². The van der Waals surface area contributed by atoms with Gasteiger partial charge >= 0.3 is 0 Å². The molecule has 5 heteroatoms. The molecule has 0 saturated carbocycles. The van der Waals surface area contributed by atoms with Crippen LogP contribution in [0.4, 0.5) is 0 Å². The molecule has 1 atom stereocenters. The van der Waals surface area contributed by atoms with E-state index in [-0.39, 0.29) is 18.3 Å². The van der Waals surface area contributed by atoms with Crippen LogP contribution in [0.25, 0.3) is 0 Å². The van der Waals surface area contributed by atoms with Crippen LogP contribution >= 0.6 is 12.4 Å². The third-order valence-corrected chi connectivity index (χ3v) is 4.13. The highest BCUT2D eigenvalue weighted by molar-refractivity contribution is 5.85. The van der Waals surface area contributed by atoms with Gasteiger partial charge in [-0.05, 0) is 55.5 Å². The van der Waals surface area contributed by atoms with Gasteiger partial charge in [-0.2, -0.15) is 0 Å².